The summed E-state index contributed by atoms with van der Waals surface area (Å²) in [6, 6.07) is 6.58. The molecular formula is C23H24F4. The van der Waals surface area contributed by atoms with Crippen LogP contribution in [-0.2, 0) is 0 Å². The minimum absolute atomic E-state index is 0.0143. The number of fused-ring (bicyclic) bond motifs is 1. The Bertz CT molecular complexity index is 821. The maximum atomic E-state index is 14.7. The molecule has 4 atom stereocenters. The molecule has 2 fully saturated rings. The molecule has 2 aliphatic carbocycles. The number of halogens is 4. The van der Waals surface area contributed by atoms with Gasteiger partial charge in [0.05, 0.1) is 0 Å². The lowest BCUT2D eigenvalue weighted by Gasteiger charge is -2.41. The van der Waals surface area contributed by atoms with Crippen LogP contribution in [-0.4, -0.2) is 0 Å². The normalized spacial score (nSPS) is 28.0. The molecule has 4 heteroatoms. The van der Waals surface area contributed by atoms with E-state index in [2.05, 4.69) is 6.92 Å². The molecule has 0 heterocycles. The molecule has 4 unspecified atom stereocenters. The van der Waals surface area contributed by atoms with Crippen LogP contribution in [0.5, 0.6) is 0 Å². The molecule has 4 rings (SSSR count). The van der Waals surface area contributed by atoms with Crippen molar-refractivity contribution in [2.45, 2.75) is 51.4 Å². The highest BCUT2D eigenvalue weighted by molar-refractivity contribution is 5.65. The van der Waals surface area contributed by atoms with Crippen LogP contribution in [0.25, 0.3) is 11.1 Å². The van der Waals surface area contributed by atoms with E-state index in [0.717, 1.165) is 48.3 Å². The highest BCUT2D eigenvalue weighted by Crippen LogP contribution is 2.47. The summed E-state index contributed by atoms with van der Waals surface area (Å²) in [5.74, 6) is -1.98. The molecule has 0 amide bonds. The lowest BCUT2D eigenvalue weighted by atomic mass is 9.64. The molecule has 2 saturated carbocycles. The largest absolute Gasteiger partial charge is 0.206 e. The van der Waals surface area contributed by atoms with Crippen LogP contribution in [0.4, 0.5) is 17.6 Å². The fourth-order valence-corrected chi connectivity index (χ4v) is 5.16. The minimum Gasteiger partial charge on any atom is -0.206 e. The molecule has 2 aliphatic rings. The summed E-state index contributed by atoms with van der Waals surface area (Å²) in [7, 11) is 0. The molecule has 27 heavy (non-hydrogen) atoms. The Morgan fingerprint density at radius 2 is 1.41 bits per heavy atom. The summed E-state index contributed by atoms with van der Waals surface area (Å²) in [6.07, 6.45) is 7.20. The lowest BCUT2D eigenvalue weighted by Crippen LogP contribution is -2.29. The Morgan fingerprint density at radius 1 is 0.741 bits per heavy atom. The molecule has 2 aromatic rings. The third-order valence-electron chi connectivity index (χ3n) is 6.63. The summed E-state index contributed by atoms with van der Waals surface area (Å²) < 4.78 is 54.8. The van der Waals surface area contributed by atoms with Crippen molar-refractivity contribution in [1.29, 1.82) is 0 Å². The van der Waals surface area contributed by atoms with E-state index in [-0.39, 0.29) is 11.1 Å². The quantitative estimate of drug-likeness (QED) is 0.383. The minimum atomic E-state index is -1.53. The van der Waals surface area contributed by atoms with Crippen LogP contribution in [0, 0.1) is 41.0 Å². The first kappa shape index (κ1) is 18.5. The van der Waals surface area contributed by atoms with Crippen LogP contribution in [0.15, 0.2) is 30.3 Å². The van der Waals surface area contributed by atoms with Crippen LogP contribution < -0.4 is 0 Å². The SMILES string of the molecule is CC1CCC2CC(c3ccc(-c4cc(F)c(F)c(F)c4)c(F)c3)CCC2C1. The first-order valence-corrected chi connectivity index (χ1v) is 9.86. The standard InChI is InChI=1S/C23H24F4/c1-13-2-3-15-9-16(5-4-14(15)8-13)17-6-7-19(20(24)10-17)18-11-21(25)23(27)22(26)12-18/h6-7,10-16H,2-5,8-9H2,1H3. The van der Waals surface area contributed by atoms with Crippen LogP contribution in [0.2, 0.25) is 0 Å². The van der Waals surface area contributed by atoms with Crippen molar-refractivity contribution in [3.05, 3.63) is 59.2 Å². The van der Waals surface area contributed by atoms with Gasteiger partial charge in [0.25, 0.3) is 0 Å². The van der Waals surface area contributed by atoms with Crippen molar-refractivity contribution in [2.24, 2.45) is 17.8 Å². The Balaban J connectivity index is 1.56. The van der Waals surface area contributed by atoms with Crippen LogP contribution in [0.3, 0.4) is 0 Å². The van der Waals surface area contributed by atoms with E-state index < -0.39 is 23.3 Å². The van der Waals surface area contributed by atoms with Gasteiger partial charge in [0.15, 0.2) is 17.5 Å². The first-order valence-electron chi connectivity index (χ1n) is 9.86. The van der Waals surface area contributed by atoms with Crippen molar-refractivity contribution in [1.82, 2.24) is 0 Å². The van der Waals surface area contributed by atoms with E-state index in [1.54, 1.807) is 6.07 Å². The molecule has 0 saturated heterocycles. The van der Waals surface area contributed by atoms with E-state index in [1.807, 2.05) is 6.07 Å². The van der Waals surface area contributed by atoms with Crippen molar-refractivity contribution in [2.75, 3.05) is 0 Å². The maximum absolute atomic E-state index is 14.7. The molecule has 0 nitrogen and oxygen atoms in total. The van der Waals surface area contributed by atoms with E-state index in [0.29, 0.717) is 5.92 Å². The van der Waals surface area contributed by atoms with Gasteiger partial charge in [-0.3, -0.25) is 0 Å². The van der Waals surface area contributed by atoms with Gasteiger partial charge in [-0.15, -0.1) is 0 Å². The lowest BCUT2D eigenvalue weighted by molar-refractivity contribution is 0.124. The van der Waals surface area contributed by atoms with Gasteiger partial charge in [-0.25, -0.2) is 17.6 Å². The molecule has 0 N–H and O–H groups in total. The Labute approximate surface area is 157 Å². The monoisotopic (exact) mass is 376 g/mol. The Kier molecular flexibility index (Phi) is 5.00. The van der Waals surface area contributed by atoms with Crippen molar-refractivity contribution < 1.29 is 17.6 Å². The summed E-state index contributed by atoms with van der Waals surface area (Å²) >= 11 is 0. The van der Waals surface area contributed by atoms with Crippen molar-refractivity contribution in [3.63, 3.8) is 0 Å². The zero-order chi connectivity index (χ0) is 19.1. The fourth-order valence-electron chi connectivity index (χ4n) is 5.16. The average molecular weight is 376 g/mol. The molecule has 0 bridgehead atoms. The zero-order valence-electron chi connectivity index (χ0n) is 15.5. The van der Waals surface area contributed by atoms with Gasteiger partial charge < -0.3 is 0 Å². The summed E-state index contributed by atoms with van der Waals surface area (Å²) in [6.45, 7) is 2.33. The highest BCUT2D eigenvalue weighted by atomic mass is 19.2. The van der Waals surface area contributed by atoms with Gasteiger partial charge in [-0.05, 0) is 85.1 Å². The second-order valence-corrected chi connectivity index (χ2v) is 8.44. The molecule has 2 aromatic carbocycles. The summed E-state index contributed by atoms with van der Waals surface area (Å²) in [4.78, 5) is 0. The molecule has 0 radical (unpaired) electrons. The number of hydrogen-bond donors (Lipinski definition) is 0. The summed E-state index contributed by atoms with van der Waals surface area (Å²) in [5.41, 5.74) is 1.06. The van der Waals surface area contributed by atoms with Gasteiger partial charge in [0.1, 0.15) is 5.82 Å². The Morgan fingerprint density at radius 3 is 2.11 bits per heavy atom. The third-order valence-corrected chi connectivity index (χ3v) is 6.63. The maximum Gasteiger partial charge on any atom is 0.194 e. The second-order valence-electron chi connectivity index (χ2n) is 8.44. The summed E-state index contributed by atoms with van der Waals surface area (Å²) in [5, 5.41) is 0. The van der Waals surface area contributed by atoms with Gasteiger partial charge in [-0.2, -0.15) is 0 Å². The van der Waals surface area contributed by atoms with Crippen LogP contribution >= 0.6 is 0 Å². The predicted octanol–water partition coefficient (Wildman–Crippen LogP) is 7.23. The van der Waals surface area contributed by atoms with Gasteiger partial charge in [0, 0.05) is 5.56 Å². The molecule has 0 aliphatic heterocycles. The highest BCUT2D eigenvalue weighted by Gasteiger charge is 2.35. The fraction of sp³-hybridized carbons (Fsp3) is 0.478. The van der Waals surface area contributed by atoms with E-state index in [4.69, 9.17) is 0 Å². The number of hydrogen-bond acceptors (Lipinski definition) is 0. The van der Waals surface area contributed by atoms with Crippen LogP contribution in [0.1, 0.15) is 56.9 Å². The first-order chi connectivity index (χ1) is 12.9. The van der Waals surface area contributed by atoms with Gasteiger partial charge in [0.2, 0.25) is 0 Å². The molecular weight excluding hydrogens is 352 g/mol. The van der Waals surface area contributed by atoms with Gasteiger partial charge >= 0.3 is 0 Å². The Hall–Kier alpha value is -1.84. The number of rotatable bonds is 2. The molecule has 0 spiro atoms. The van der Waals surface area contributed by atoms with Gasteiger partial charge in [-0.1, -0.05) is 25.5 Å². The van der Waals surface area contributed by atoms with Crippen molar-refractivity contribution >= 4 is 0 Å². The topological polar surface area (TPSA) is 0 Å². The average Bonchev–Trinajstić information content (AvgIpc) is 2.65. The molecule has 0 aromatic heterocycles. The number of benzene rings is 2. The third kappa shape index (κ3) is 3.63. The molecule has 144 valence electrons. The smallest absolute Gasteiger partial charge is 0.194 e. The second kappa shape index (κ2) is 7.29. The van der Waals surface area contributed by atoms with Crippen molar-refractivity contribution in [3.8, 4) is 11.1 Å². The van der Waals surface area contributed by atoms with E-state index >= 15 is 0 Å². The van der Waals surface area contributed by atoms with E-state index in [1.165, 1.54) is 31.7 Å². The zero-order valence-corrected chi connectivity index (χ0v) is 15.5. The predicted molar refractivity (Wildman–Crippen MR) is 98.3 cm³/mol. The van der Waals surface area contributed by atoms with E-state index in [9.17, 15) is 17.6 Å².